The van der Waals surface area contributed by atoms with Crippen molar-refractivity contribution in [3.8, 4) is 0 Å². The Hall–Kier alpha value is -1.32. The van der Waals surface area contributed by atoms with Crippen molar-refractivity contribution in [3.63, 3.8) is 0 Å². The van der Waals surface area contributed by atoms with Crippen molar-refractivity contribution in [2.75, 3.05) is 0 Å². The van der Waals surface area contributed by atoms with E-state index in [9.17, 15) is 9.59 Å². The normalized spacial score (nSPS) is 9.71. The van der Waals surface area contributed by atoms with Crippen molar-refractivity contribution in [2.45, 2.75) is 34.1 Å². The highest BCUT2D eigenvalue weighted by Crippen LogP contribution is 2.18. The molecule has 0 heterocycles. The maximum Gasteiger partial charge on any atom is 0.330 e. The van der Waals surface area contributed by atoms with Crippen LogP contribution in [0.15, 0.2) is 12.2 Å². The maximum absolute atomic E-state index is 10.3. The lowest BCUT2D eigenvalue weighted by Gasteiger charge is -2.14. The van der Waals surface area contributed by atoms with Crippen LogP contribution in [-0.4, -0.2) is 22.2 Å². The van der Waals surface area contributed by atoms with Crippen LogP contribution in [0.3, 0.4) is 0 Å². The van der Waals surface area contributed by atoms with Crippen LogP contribution in [0.2, 0.25) is 0 Å². The number of hydrogen-bond acceptors (Lipinski definition) is 2. The van der Waals surface area contributed by atoms with Crippen molar-refractivity contribution in [2.24, 2.45) is 5.41 Å². The molecule has 2 N–H and O–H groups in total. The highest BCUT2D eigenvalue weighted by atomic mass is 16.4. The van der Waals surface area contributed by atoms with E-state index < -0.39 is 17.4 Å². The summed E-state index contributed by atoms with van der Waals surface area (Å²) in [5, 5.41) is 16.3. The molecule has 4 heteroatoms. The molecule has 0 unspecified atom stereocenters. The molecular formula is C10H18O4. The fourth-order valence-corrected chi connectivity index (χ4v) is 0.151. The number of carbonyl (C=O) groups is 2. The summed E-state index contributed by atoms with van der Waals surface area (Å²) in [6.07, 6.45) is 0.683. The minimum Gasteiger partial charge on any atom is -0.481 e. The summed E-state index contributed by atoms with van der Waals surface area (Å²) in [6.45, 7) is 9.91. The van der Waals surface area contributed by atoms with Crippen LogP contribution >= 0.6 is 0 Å². The van der Waals surface area contributed by atoms with Crippen molar-refractivity contribution in [1.82, 2.24) is 0 Å². The minimum absolute atomic E-state index is 0.176. The Morgan fingerprint density at radius 2 is 1.57 bits per heavy atom. The van der Waals surface area contributed by atoms with Crippen LogP contribution in [0.1, 0.15) is 34.1 Å². The number of carboxylic acid groups (broad SMARTS) is 2. The van der Waals surface area contributed by atoms with E-state index in [2.05, 4.69) is 6.58 Å². The largest absolute Gasteiger partial charge is 0.481 e. The van der Waals surface area contributed by atoms with Crippen molar-refractivity contribution < 1.29 is 19.8 Å². The van der Waals surface area contributed by atoms with Crippen molar-refractivity contribution in [1.29, 1.82) is 0 Å². The first-order valence-electron chi connectivity index (χ1n) is 4.27. The van der Waals surface area contributed by atoms with Crippen molar-refractivity contribution >= 4 is 11.9 Å². The van der Waals surface area contributed by atoms with Gasteiger partial charge in [-0.05, 0) is 27.2 Å². The van der Waals surface area contributed by atoms with Gasteiger partial charge in [-0.15, -0.1) is 0 Å². The topological polar surface area (TPSA) is 74.6 Å². The molecule has 14 heavy (non-hydrogen) atoms. The lowest BCUT2D eigenvalue weighted by Crippen LogP contribution is -2.21. The first-order valence-corrected chi connectivity index (χ1v) is 4.27. The molecule has 0 rings (SSSR count). The van der Waals surface area contributed by atoms with Gasteiger partial charge in [-0.3, -0.25) is 4.79 Å². The van der Waals surface area contributed by atoms with Crippen LogP contribution in [0.5, 0.6) is 0 Å². The molecule has 0 aromatic rings. The first kappa shape index (κ1) is 15.2. The third kappa shape index (κ3) is 7.34. The molecule has 82 valence electrons. The maximum atomic E-state index is 10.3. The highest BCUT2D eigenvalue weighted by Gasteiger charge is 2.23. The van der Waals surface area contributed by atoms with E-state index in [4.69, 9.17) is 10.2 Å². The summed E-state index contributed by atoms with van der Waals surface area (Å²) in [4.78, 5) is 19.9. The Labute approximate surface area is 84.3 Å². The van der Waals surface area contributed by atoms with Gasteiger partial charge in [0.15, 0.2) is 0 Å². The van der Waals surface area contributed by atoms with Crippen LogP contribution in [0.25, 0.3) is 0 Å². The minimum atomic E-state index is -0.935. The molecule has 0 radical (unpaired) electrons. The molecule has 0 atom stereocenters. The Bertz CT molecular complexity index is 216. The first-order chi connectivity index (χ1) is 6.15. The molecular weight excluding hydrogens is 184 g/mol. The molecule has 0 aliphatic rings. The van der Waals surface area contributed by atoms with E-state index in [1.807, 2.05) is 6.92 Å². The Balaban J connectivity index is 0. The van der Waals surface area contributed by atoms with E-state index in [1.165, 1.54) is 6.92 Å². The highest BCUT2D eigenvalue weighted by molar-refractivity contribution is 5.84. The third-order valence-electron chi connectivity index (χ3n) is 1.83. The fourth-order valence-electron chi connectivity index (χ4n) is 0.151. The number of rotatable bonds is 3. The van der Waals surface area contributed by atoms with E-state index >= 15 is 0 Å². The number of hydrogen-bond donors (Lipinski definition) is 2. The Morgan fingerprint density at radius 3 is 1.57 bits per heavy atom. The molecule has 0 spiro atoms. The molecule has 0 saturated heterocycles. The SMILES string of the molecule is C=C(C)C(=O)O.CCC(C)(C)C(=O)O. The standard InChI is InChI=1S/C6H12O2.C4H6O2/c1-4-6(2,3)5(7)8;1-3(2)4(5)6/h4H2,1-3H3,(H,7,8);1H2,2H3,(H,5,6). The summed E-state index contributed by atoms with van der Waals surface area (Å²) in [7, 11) is 0. The zero-order valence-corrected chi connectivity index (χ0v) is 9.13. The van der Waals surface area contributed by atoms with E-state index in [-0.39, 0.29) is 5.57 Å². The zero-order chi connectivity index (χ0) is 11.9. The molecule has 0 fully saturated rings. The monoisotopic (exact) mass is 202 g/mol. The van der Waals surface area contributed by atoms with Gasteiger partial charge in [0, 0.05) is 5.57 Å². The van der Waals surface area contributed by atoms with Gasteiger partial charge in [-0.2, -0.15) is 0 Å². The van der Waals surface area contributed by atoms with Gasteiger partial charge in [0.1, 0.15) is 0 Å². The molecule has 0 aliphatic carbocycles. The molecule has 0 aromatic heterocycles. The second-order valence-electron chi connectivity index (χ2n) is 3.63. The molecule has 0 aliphatic heterocycles. The lowest BCUT2D eigenvalue weighted by molar-refractivity contribution is -0.147. The van der Waals surface area contributed by atoms with Gasteiger partial charge in [-0.25, -0.2) is 4.79 Å². The van der Waals surface area contributed by atoms with Gasteiger partial charge in [-0.1, -0.05) is 13.5 Å². The summed E-state index contributed by atoms with van der Waals surface area (Å²) >= 11 is 0. The zero-order valence-electron chi connectivity index (χ0n) is 9.13. The van der Waals surface area contributed by atoms with Crippen LogP contribution < -0.4 is 0 Å². The lowest BCUT2D eigenvalue weighted by atomic mass is 9.91. The van der Waals surface area contributed by atoms with E-state index in [0.717, 1.165) is 0 Å². The smallest absolute Gasteiger partial charge is 0.330 e. The second-order valence-corrected chi connectivity index (χ2v) is 3.63. The van der Waals surface area contributed by atoms with Crippen LogP contribution in [0.4, 0.5) is 0 Å². The summed E-state index contributed by atoms with van der Waals surface area (Å²) in [5.74, 6) is -1.66. The summed E-state index contributed by atoms with van der Waals surface area (Å²) in [6, 6.07) is 0. The number of carboxylic acids is 2. The van der Waals surface area contributed by atoms with Gasteiger partial charge < -0.3 is 10.2 Å². The van der Waals surface area contributed by atoms with Gasteiger partial charge in [0.05, 0.1) is 5.41 Å². The Kier molecular flexibility index (Phi) is 6.70. The van der Waals surface area contributed by atoms with Crippen molar-refractivity contribution in [3.05, 3.63) is 12.2 Å². The molecule has 4 nitrogen and oxygen atoms in total. The van der Waals surface area contributed by atoms with Gasteiger partial charge in [0.25, 0.3) is 0 Å². The summed E-state index contributed by atoms with van der Waals surface area (Å²) < 4.78 is 0. The Morgan fingerprint density at radius 1 is 1.29 bits per heavy atom. The molecule has 0 aromatic carbocycles. The van der Waals surface area contributed by atoms with Gasteiger partial charge in [0.2, 0.25) is 0 Å². The third-order valence-corrected chi connectivity index (χ3v) is 1.83. The quantitative estimate of drug-likeness (QED) is 0.687. The molecule has 0 saturated carbocycles. The average Bonchev–Trinajstić information content (AvgIpc) is 2.05. The number of aliphatic carboxylic acids is 2. The van der Waals surface area contributed by atoms with Crippen LogP contribution in [0, 0.1) is 5.41 Å². The van der Waals surface area contributed by atoms with Crippen LogP contribution in [-0.2, 0) is 9.59 Å². The fraction of sp³-hybridized carbons (Fsp3) is 0.600. The molecule has 0 bridgehead atoms. The summed E-state index contributed by atoms with van der Waals surface area (Å²) in [5.41, 5.74) is -0.366. The average molecular weight is 202 g/mol. The second kappa shape index (κ2) is 6.18. The van der Waals surface area contributed by atoms with E-state index in [1.54, 1.807) is 13.8 Å². The molecule has 0 amide bonds. The predicted molar refractivity (Wildman–Crippen MR) is 54.2 cm³/mol. The van der Waals surface area contributed by atoms with E-state index in [0.29, 0.717) is 6.42 Å². The van der Waals surface area contributed by atoms with Gasteiger partial charge >= 0.3 is 11.9 Å². The predicted octanol–water partition coefficient (Wildman–Crippen LogP) is 2.15.